The Morgan fingerprint density at radius 1 is 1.27 bits per heavy atom. The molecule has 0 spiro atoms. The number of methoxy groups -OCH3 is 1. The molecule has 2 N–H and O–H groups in total. The lowest BCUT2D eigenvalue weighted by atomic mass is 9.88. The Labute approximate surface area is 132 Å². The van der Waals surface area contributed by atoms with Crippen molar-refractivity contribution in [3.63, 3.8) is 0 Å². The Morgan fingerprint density at radius 3 is 2.55 bits per heavy atom. The van der Waals surface area contributed by atoms with E-state index in [-0.39, 0.29) is 12.1 Å². The van der Waals surface area contributed by atoms with Crippen molar-refractivity contribution in [3.8, 4) is 0 Å². The van der Waals surface area contributed by atoms with Crippen LogP contribution in [0.1, 0.15) is 40.0 Å². The van der Waals surface area contributed by atoms with Crippen LogP contribution in [0.3, 0.4) is 0 Å². The normalized spacial score (nSPS) is 29.1. The number of amides is 1. The van der Waals surface area contributed by atoms with Gasteiger partial charge in [0, 0.05) is 13.1 Å². The number of likely N-dealkylation sites (tertiary alicyclic amines) is 1. The molecule has 0 aromatic carbocycles. The summed E-state index contributed by atoms with van der Waals surface area (Å²) in [6.07, 6.45) is 2.55. The average Bonchev–Trinajstić information content (AvgIpc) is 2.97. The van der Waals surface area contributed by atoms with Gasteiger partial charge in [-0.15, -0.1) is 0 Å². The fourth-order valence-corrected chi connectivity index (χ4v) is 3.72. The zero-order valence-electron chi connectivity index (χ0n) is 14.0. The van der Waals surface area contributed by atoms with Crippen molar-refractivity contribution in [1.29, 1.82) is 0 Å². The first-order valence-corrected chi connectivity index (χ1v) is 8.02. The summed E-state index contributed by atoms with van der Waals surface area (Å²) in [6, 6.07) is -0.565. The first-order chi connectivity index (χ1) is 10.2. The second-order valence-corrected chi connectivity index (χ2v) is 7.51. The zero-order valence-corrected chi connectivity index (χ0v) is 14.0. The third-order valence-electron chi connectivity index (χ3n) is 4.72. The molecule has 0 bridgehead atoms. The summed E-state index contributed by atoms with van der Waals surface area (Å²) in [7, 11) is 1.36. The van der Waals surface area contributed by atoms with E-state index in [9.17, 15) is 9.59 Å². The van der Waals surface area contributed by atoms with Crippen molar-refractivity contribution in [2.75, 3.05) is 20.2 Å². The van der Waals surface area contributed by atoms with Gasteiger partial charge in [-0.25, -0.2) is 4.79 Å². The quantitative estimate of drug-likeness (QED) is 0.803. The summed E-state index contributed by atoms with van der Waals surface area (Å²) in [5, 5.41) is 0. The maximum atomic E-state index is 12.2. The molecule has 1 amide bonds. The summed E-state index contributed by atoms with van der Waals surface area (Å²) in [5.74, 6) is 0.947. The van der Waals surface area contributed by atoms with Gasteiger partial charge in [0.25, 0.3) is 0 Å². The van der Waals surface area contributed by atoms with Gasteiger partial charge in [0.2, 0.25) is 0 Å². The smallest absolute Gasteiger partial charge is 0.410 e. The molecule has 1 unspecified atom stereocenters. The molecular formula is C16H28N2O4. The fourth-order valence-electron chi connectivity index (χ4n) is 3.72. The van der Waals surface area contributed by atoms with Gasteiger partial charge in [0.15, 0.2) is 0 Å². The van der Waals surface area contributed by atoms with E-state index in [2.05, 4.69) is 0 Å². The molecule has 6 heteroatoms. The van der Waals surface area contributed by atoms with Gasteiger partial charge < -0.3 is 20.1 Å². The molecule has 0 aromatic heterocycles. The lowest BCUT2D eigenvalue weighted by Gasteiger charge is -2.26. The molecule has 22 heavy (non-hydrogen) atoms. The number of rotatable bonds is 3. The van der Waals surface area contributed by atoms with Crippen LogP contribution in [0.15, 0.2) is 0 Å². The predicted molar refractivity (Wildman–Crippen MR) is 82.1 cm³/mol. The molecule has 1 aliphatic carbocycles. The van der Waals surface area contributed by atoms with E-state index in [1.165, 1.54) is 7.11 Å². The summed E-state index contributed by atoms with van der Waals surface area (Å²) in [4.78, 5) is 25.5. The Bertz CT molecular complexity index is 432. The highest BCUT2D eigenvalue weighted by molar-refractivity contribution is 5.75. The van der Waals surface area contributed by atoms with Crippen LogP contribution in [0, 0.1) is 17.8 Å². The van der Waals surface area contributed by atoms with E-state index in [0.29, 0.717) is 30.7 Å². The standard InChI is InChI=1S/C16H28N2O4/c1-16(2,3)22-15(20)18-8-11-6-5-10(12(11)9-18)7-13(17)14(19)21-4/h10-13H,5-9,17H2,1-4H3/t10?,11-,12-,13-/m0/s1. The molecule has 1 aliphatic heterocycles. The van der Waals surface area contributed by atoms with Crippen LogP contribution in [0.2, 0.25) is 0 Å². The zero-order chi connectivity index (χ0) is 16.5. The molecule has 1 saturated heterocycles. The summed E-state index contributed by atoms with van der Waals surface area (Å²) >= 11 is 0. The Hall–Kier alpha value is -1.30. The SMILES string of the molecule is COC(=O)[C@@H](N)CC1CC[C@H]2CN(C(=O)OC(C)(C)C)C[C@@H]12. The number of esters is 1. The van der Waals surface area contributed by atoms with Gasteiger partial charge in [-0.3, -0.25) is 4.79 Å². The number of ether oxygens (including phenoxy) is 2. The number of carbonyl (C=O) groups is 2. The number of nitrogens with two attached hydrogens (primary N) is 1. The maximum absolute atomic E-state index is 12.2. The van der Waals surface area contributed by atoms with Gasteiger partial charge in [0.05, 0.1) is 7.11 Å². The molecular weight excluding hydrogens is 284 g/mol. The second-order valence-electron chi connectivity index (χ2n) is 7.51. The van der Waals surface area contributed by atoms with Crippen LogP contribution in [0.5, 0.6) is 0 Å². The number of carbonyl (C=O) groups excluding carboxylic acids is 2. The molecule has 126 valence electrons. The van der Waals surface area contributed by atoms with Crippen molar-refractivity contribution < 1.29 is 19.1 Å². The minimum atomic E-state index is -0.565. The second kappa shape index (κ2) is 6.44. The van der Waals surface area contributed by atoms with Gasteiger partial charge >= 0.3 is 12.1 Å². The van der Waals surface area contributed by atoms with Crippen molar-refractivity contribution in [2.45, 2.75) is 51.7 Å². The van der Waals surface area contributed by atoms with Gasteiger partial charge in [0.1, 0.15) is 11.6 Å². The third kappa shape index (κ3) is 3.91. The van der Waals surface area contributed by atoms with Crippen LogP contribution in [0.25, 0.3) is 0 Å². The minimum absolute atomic E-state index is 0.238. The van der Waals surface area contributed by atoms with Crippen molar-refractivity contribution in [1.82, 2.24) is 4.90 Å². The Kier molecular flexibility index (Phi) is 5.00. The maximum Gasteiger partial charge on any atom is 0.410 e. The topological polar surface area (TPSA) is 81.9 Å². The van der Waals surface area contributed by atoms with Crippen LogP contribution < -0.4 is 5.73 Å². The molecule has 0 radical (unpaired) electrons. The van der Waals surface area contributed by atoms with Crippen LogP contribution >= 0.6 is 0 Å². The van der Waals surface area contributed by atoms with Crippen molar-refractivity contribution in [2.24, 2.45) is 23.5 Å². The molecule has 0 aromatic rings. The number of hydrogen-bond acceptors (Lipinski definition) is 5. The predicted octanol–water partition coefficient (Wildman–Crippen LogP) is 1.77. The Morgan fingerprint density at radius 2 is 1.95 bits per heavy atom. The fraction of sp³-hybridized carbons (Fsp3) is 0.875. The first kappa shape index (κ1) is 17.1. The van der Waals surface area contributed by atoms with E-state index in [1.807, 2.05) is 20.8 Å². The van der Waals surface area contributed by atoms with Crippen LogP contribution in [0.4, 0.5) is 4.79 Å². The lowest BCUT2D eigenvalue weighted by molar-refractivity contribution is -0.142. The largest absolute Gasteiger partial charge is 0.468 e. The minimum Gasteiger partial charge on any atom is -0.468 e. The van der Waals surface area contributed by atoms with E-state index in [4.69, 9.17) is 15.2 Å². The highest BCUT2D eigenvalue weighted by Gasteiger charge is 2.45. The summed E-state index contributed by atoms with van der Waals surface area (Å²) < 4.78 is 10.1. The third-order valence-corrected chi connectivity index (χ3v) is 4.72. The number of hydrogen-bond donors (Lipinski definition) is 1. The molecule has 6 nitrogen and oxygen atoms in total. The summed E-state index contributed by atoms with van der Waals surface area (Å²) in [6.45, 7) is 7.08. The highest BCUT2D eigenvalue weighted by Crippen LogP contribution is 2.44. The van der Waals surface area contributed by atoms with Gasteiger partial charge in [-0.2, -0.15) is 0 Å². The van der Waals surface area contributed by atoms with E-state index in [0.717, 1.165) is 19.4 Å². The molecule has 1 saturated carbocycles. The molecule has 4 atom stereocenters. The molecule has 1 heterocycles. The highest BCUT2D eigenvalue weighted by atomic mass is 16.6. The van der Waals surface area contributed by atoms with E-state index in [1.54, 1.807) is 4.90 Å². The van der Waals surface area contributed by atoms with Gasteiger partial charge in [-0.1, -0.05) is 0 Å². The van der Waals surface area contributed by atoms with Gasteiger partial charge in [-0.05, 0) is 57.8 Å². The molecule has 2 rings (SSSR count). The van der Waals surface area contributed by atoms with Crippen LogP contribution in [-0.2, 0) is 14.3 Å². The Balaban J connectivity index is 1.91. The average molecular weight is 312 g/mol. The summed E-state index contributed by atoms with van der Waals surface area (Å²) in [5.41, 5.74) is 5.42. The monoisotopic (exact) mass is 312 g/mol. The van der Waals surface area contributed by atoms with E-state index < -0.39 is 11.6 Å². The number of nitrogens with zero attached hydrogens (tertiary/aromatic N) is 1. The molecule has 2 fully saturated rings. The lowest BCUT2D eigenvalue weighted by Crippen LogP contribution is -2.37. The number of fused-ring (bicyclic) bond motifs is 1. The van der Waals surface area contributed by atoms with Crippen molar-refractivity contribution in [3.05, 3.63) is 0 Å². The van der Waals surface area contributed by atoms with Crippen LogP contribution in [-0.4, -0.2) is 48.8 Å². The molecule has 2 aliphatic rings. The van der Waals surface area contributed by atoms with Crippen molar-refractivity contribution >= 4 is 12.1 Å². The first-order valence-electron chi connectivity index (χ1n) is 8.02. The van der Waals surface area contributed by atoms with E-state index >= 15 is 0 Å².